The molecular formula is C20H26N2O3. The first-order valence-electron chi connectivity index (χ1n) is 8.90. The van der Waals surface area contributed by atoms with Crippen molar-refractivity contribution in [1.82, 2.24) is 10.2 Å². The summed E-state index contributed by atoms with van der Waals surface area (Å²) in [4.78, 5) is 14.8. The van der Waals surface area contributed by atoms with Crippen LogP contribution in [0.4, 0.5) is 0 Å². The zero-order valence-electron chi connectivity index (χ0n) is 15.0. The van der Waals surface area contributed by atoms with Crippen LogP contribution in [0.1, 0.15) is 47.2 Å². The normalized spacial score (nSPS) is 16.4. The Morgan fingerprint density at radius 2 is 1.88 bits per heavy atom. The predicted octanol–water partition coefficient (Wildman–Crippen LogP) is 3.55. The van der Waals surface area contributed by atoms with Gasteiger partial charge in [0.05, 0.1) is 13.2 Å². The minimum absolute atomic E-state index is 0.159. The monoisotopic (exact) mass is 342 g/mol. The van der Waals surface area contributed by atoms with Gasteiger partial charge in [0.15, 0.2) is 5.76 Å². The van der Waals surface area contributed by atoms with Gasteiger partial charge in [0, 0.05) is 6.54 Å². The lowest BCUT2D eigenvalue weighted by Crippen LogP contribution is -2.40. The Hall–Kier alpha value is -2.27. The van der Waals surface area contributed by atoms with E-state index in [0.29, 0.717) is 12.3 Å². The first kappa shape index (κ1) is 17.5. The van der Waals surface area contributed by atoms with Crippen molar-refractivity contribution >= 4 is 5.91 Å². The number of piperidine rings is 1. The Morgan fingerprint density at radius 3 is 2.48 bits per heavy atom. The maximum Gasteiger partial charge on any atom is 0.287 e. The summed E-state index contributed by atoms with van der Waals surface area (Å²) < 4.78 is 10.7. The molecule has 0 saturated carbocycles. The number of ether oxygens (including phenoxy) is 1. The van der Waals surface area contributed by atoms with E-state index >= 15 is 0 Å². The van der Waals surface area contributed by atoms with Crippen molar-refractivity contribution in [2.75, 3.05) is 26.7 Å². The minimum atomic E-state index is -0.163. The number of nitrogens with zero attached hydrogens (tertiary/aromatic N) is 1. The van der Waals surface area contributed by atoms with Gasteiger partial charge in [-0.1, -0.05) is 18.6 Å². The molecule has 1 atom stereocenters. The first-order chi connectivity index (χ1) is 12.2. The van der Waals surface area contributed by atoms with Crippen LogP contribution in [0.3, 0.4) is 0 Å². The van der Waals surface area contributed by atoms with Crippen LogP contribution in [0.25, 0.3) is 0 Å². The molecule has 1 aromatic carbocycles. The number of rotatable bonds is 6. The zero-order chi connectivity index (χ0) is 17.6. The molecule has 1 amide bonds. The van der Waals surface area contributed by atoms with Crippen LogP contribution >= 0.6 is 0 Å². The molecule has 5 heteroatoms. The van der Waals surface area contributed by atoms with Gasteiger partial charge in [-0.05, 0) is 62.7 Å². The number of methoxy groups -OCH3 is 1. The van der Waals surface area contributed by atoms with Crippen molar-refractivity contribution in [2.45, 2.75) is 32.2 Å². The van der Waals surface area contributed by atoms with Crippen LogP contribution < -0.4 is 10.1 Å². The summed E-state index contributed by atoms with van der Waals surface area (Å²) in [5.74, 6) is 1.79. The molecule has 134 valence electrons. The number of hydrogen-bond donors (Lipinski definition) is 1. The van der Waals surface area contributed by atoms with E-state index in [4.69, 9.17) is 9.15 Å². The van der Waals surface area contributed by atoms with Crippen LogP contribution in [0.2, 0.25) is 0 Å². The lowest BCUT2D eigenvalue weighted by atomic mass is 10.0. The molecule has 1 N–H and O–H groups in total. The van der Waals surface area contributed by atoms with Crippen LogP contribution in [-0.4, -0.2) is 37.6 Å². The quantitative estimate of drug-likeness (QED) is 0.872. The van der Waals surface area contributed by atoms with Gasteiger partial charge in [-0.25, -0.2) is 0 Å². The standard InChI is InChI=1S/C20H26N2O3/c1-15-6-11-19(25-15)20(23)21-14-18(22-12-4-3-5-13-22)16-7-9-17(24-2)10-8-16/h6-11,18H,3-5,12-14H2,1-2H3,(H,21,23). The second-order valence-corrected chi connectivity index (χ2v) is 6.51. The third kappa shape index (κ3) is 4.42. The lowest BCUT2D eigenvalue weighted by Gasteiger charge is -2.35. The molecule has 0 aliphatic carbocycles. The molecular weight excluding hydrogens is 316 g/mol. The topological polar surface area (TPSA) is 54.7 Å². The van der Waals surface area contributed by atoms with Gasteiger partial charge in [-0.2, -0.15) is 0 Å². The fraction of sp³-hybridized carbons (Fsp3) is 0.450. The summed E-state index contributed by atoms with van der Waals surface area (Å²) in [6.07, 6.45) is 3.69. The SMILES string of the molecule is COc1ccc(C(CNC(=O)c2ccc(C)o2)N2CCCCC2)cc1. The molecule has 1 unspecified atom stereocenters. The van der Waals surface area contributed by atoms with Crippen molar-refractivity contribution in [3.05, 3.63) is 53.5 Å². The molecule has 0 radical (unpaired) electrons. The number of furan rings is 1. The molecule has 0 bridgehead atoms. The Bertz CT molecular complexity index is 687. The molecule has 2 heterocycles. The number of aryl methyl sites for hydroxylation is 1. The number of benzene rings is 1. The highest BCUT2D eigenvalue weighted by Crippen LogP contribution is 2.26. The van der Waals surface area contributed by atoms with Crippen molar-refractivity contribution < 1.29 is 13.9 Å². The number of carbonyl (C=O) groups is 1. The van der Waals surface area contributed by atoms with E-state index in [-0.39, 0.29) is 11.9 Å². The zero-order valence-corrected chi connectivity index (χ0v) is 15.0. The maximum atomic E-state index is 12.3. The third-order valence-corrected chi connectivity index (χ3v) is 4.75. The van der Waals surface area contributed by atoms with Gasteiger partial charge < -0.3 is 14.5 Å². The smallest absolute Gasteiger partial charge is 0.287 e. The Morgan fingerprint density at radius 1 is 1.16 bits per heavy atom. The Kier molecular flexibility index (Phi) is 5.76. The predicted molar refractivity (Wildman–Crippen MR) is 96.9 cm³/mol. The molecule has 3 rings (SSSR count). The van der Waals surface area contributed by atoms with Gasteiger partial charge in [0.2, 0.25) is 0 Å². The molecule has 0 spiro atoms. The number of nitrogens with one attached hydrogen (secondary N) is 1. The first-order valence-corrected chi connectivity index (χ1v) is 8.90. The molecule has 5 nitrogen and oxygen atoms in total. The molecule has 25 heavy (non-hydrogen) atoms. The molecule has 1 aliphatic rings. The number of likely N-dealkylation sites (tertiary alicyclic amines) is 1. The molecule has 1 aromatic heterocycles. The van der Waals surface area contributed by atoms with E-state index in [0.717, 1.165) is 24.6 Å². The van der Waals surface area contributed by atoms with Crippen LogP contribution in [0.5, 0.6) is 5.75 Å². The van der Waals surface area contributed by atoms with E-state index < -0.39 is 0 Å². The van der Waals surface area contributed by atoms with E-state index in [1.54, 1.807) is 19.2 Å². The van der Waals surface area contributed by atoms with E-state index in [9.17, 15) is 4.79 Å². The average molecular weight is 342 g/mol. The lowest BCUT2D eigenvalue weighted by molar-refractivity contribution is 0.0896. The van der Waals surface area contributed by atoms with Gasteiger partial charge in [-0.15, -0.1) is 0 Å². The Balaban J connectivity index is 1.72. The highest BCUT2D eigenvalue weighted by atomic mass is 16.5. The van der Waals surface area contributed by atoms with Crippen molar-refractivity contribution in [2.24, 2.45) is 0 Å². The van der Waals surface area contributed by atoms with E-state index in [1.165, 1.54) is 24.8 Å². The number of amides is 1. The second kappa shape index (κ2) is 8.21. The van der Waals surface area contributed by atoms with E-state index in [1.807, 2.05) is 19.1 Å². The van der Waals surface area contributed by atoms with Crippen molar-refractivity contribution in [1.29, 1.82) is 0 Å². The van der Waals surface area contributed by atoms with Gasteiger partial charge in [-0.3, -0.25) is 9.69 Å². The number of carbonyl (C=O) groups excluding carboxylic acids is 1. The summed E-state index contributed by atoms with van der Waals surface area (Å²) in [6.45, 7) is 4.52. The molecule has 1 aliphatic heterocycles. The molecule has 1 saturated heterocycles. The third-order valence-electron chi connectivity index (χ3n) is 4.75. The van der Waals surface area contributed by atoms with Gasteiger partial charge in [0.25, 0.3) is 5.91 Å². The number of hydrogen-bond acceptors (Lipinski definition) is 4. The fourth-order valence-electron chi connectivity index (χ4n) is 3.35. The summed E-state index contributed by atoms with van der Waals surface area (Å²) in [5, 5.41) is 3.03. The molecule has 1 fully saturated rings. The second-order valence-electron chi connectivity index (χ2n) is 6.51. The molecule has 2 aromatic rings. The average Bonchev–Trinajstić information content (AvgIpc) is 3.10. The maximum absolute atomic E-state index is 12.3. The van der Waals surface area contributed by atoms with Crippen LogP contribution in [0, 0.1) is 6.92 Å². The van der Waals surface area contributed by atoms with Gasteiger partial charge >= 0.3 is 0 Å². The van der Waals surface area contributed by atoms with Crippen LogP contribution in [0.15, 0.2) is 40.8 Å². The highest BCUT2D eigenvalue weighted by molar-refractivity contribution is 5.91. The van der Waals surface area contributed by atoms with Crippen molar-refractivity contribution in [3.8, 4) is 5.75 Å². The highest BCUT2D eigenvalue weighted by Gasteiger charge is 2.23. The minimum Gasteiger partial charge on any atom is -0.497 e. The van der Waals surface area contributed by atoms with Gasteiger partial charge in [0.1, 0.15) is 11.5 Å². The van der Waals surface area contributed by atoms with Crippen molar-refractivity contribution in [3.63, 3.8) is 0 Å². The summed E-state index contributed by atoms with van der Waals surface area (Å²) in [7, 11) is 1.67. The summed E-state index contributed by atoms with van der Waals surface area (Å²) >= 11 is 0. The summed E-state index contributed by atoms with van der Waals surface area (Å²) in [6, 6.07) is 11.8. The van der Waals surface area contributed by atoms with E-state index in [2.05, 4.69) is 22.3 Å². The summed E-state index contributed by atoms with van der Waals surface area (Å²) in [5.41, 5.74) is 1.19. The fourth-order valence-corrected chi connectivity index (χ4v) is 3.35. The van der Waals surface area contributed by atoms with Crippen LogP contribution in [-0.2, 0) is 0 Å². The largest absolute Gasteiger partial charge is 0.497 e. The Labute approximate surface area is 149 Å².